The first-order valence-corrected chi connectivity index (χ1v) is 11.0. The van der Waals surface area contributed by atoms with Gasteiger partial charge in [-0.2, -0.15) is 0 Å². The lowest BCUT2D eigenvalue weighted by Crippen LogP contribution is -2.58. The average molecular weight is 394 g/mol. The molecule has 142 valence electrons. The van der Waals surface area contributed by atoms with Gasteiger partial charge in [0.05, 0.1) is 28.1 Å². The molecule has 0 aromatic heterocycles. The average Bonchev–Trinajstić information content (AvgIpc) is 2.73. The van der Waals surface area contributed by atoms with Gasteiger partial charge in [-0.05, 0) is 23.0 Å². The molecule has 3 aromatic carbocycles. The van der Waals surface area contributed by atoms with Crippen LogP contribution in [0.5, 0.6) is 0 Å². The van der Waals surface area contributed by atoms with E-state index in [1.54, 1.807) is 0 Å². The summed E-state index contributed by atoms with van der Waals surface area (Å²) in [7, 11) is -2.63. The van der Waals surface area contributed by atoms with Crippen LogP contribution in [0.3, 0.4) is 0 Å². The Labute approximate surface area is 162 Å². The molecule has 0 amide bonds. The van der Waals surface area contributed by atoms with Gasteiger partial charge in [0, 0.05) is 6.07 Å². The maximum atomic E-state index is 11.4. The molecule has 3 rings (SSSR count). The van der Waals surface area contributed by atoms with Gasteiger partial charge in [0.1, 0.15) is 0 Å². The minimum absolute atomic E-state index is 0.0131. The largest absolute Gasteiger partial charge is 0.404 e. The molecule has 0 atom stereocenters. The molecule has 7 nitrogen and oxygen atoms in total. The molecule has 0 radical (unpaired) electrons. The summed E-state index contributed by atoms with van der Waals surface area (Å²) in [5, 5.41) is 24.4. The van der Waals surface area contributed by atoms with E-state index in [-0.39, 0.29) is 18.0 Å². The third kappa shape index (κ3) is 3.97. The van der Waals surface area contributed by atoms with Crippen molar-refractivity contribution >= 4 is 30.1 Å². The molecule has 28 heavy (non-hydrogen) atoms. The first kappa shape index (κ1) is 19.4. The fourth-order valence-corrected chi connectivity index (χ4v) is 5.79. The molecule has 0 bridgehead atoms. The summed E-state index contributed by atoms with van der Waals surface area (Å²) in [6.45, 7) is 2.02. The Balaban J connectivity index is 1.98. The molecule has 0 aliphatic rings. The van der Waals surface area contributed by atoms with Crippen LogP contribution in [0.4, 0.5) is 11.4 Å². The highest BCUT2D eigenvalue weighted by atomic mass is 28.4. The van der Waals surface area contributed by atoms with Crippen molar-refractivity contribution < 1.29 is 14.3 Å². The van der Waals surface area contributed by atoms with Crippen molar-refractivity contribution in [3.05, 3.63) is 105 Å². The van der Waals surface area contributed by atoms with Crippen LogP contribution in [0.1, 0.15) is 5.56 Å². The Kier molecular flexibility index (Phi) is 5.62. The van der Waals surface area contributed by atoms with E-state index < -0.39 is 18.2 Å². The second-order valence-electron chi connectivity index (χ2n) is 6.38. The van der Waals surface area contributed by atoms with Crippen LogP contribution in [0.2, 0.25) is 6.55 Å². The second kappa shape index (κ2) is 8.11. The quantitative estimate of drug-likeness (QED) is 0.348. The van der Waals surface area contributed by atoms with Crippen LogP contribution in [-0.4, -0.2) is 18.2 Å². The van der Waals surface area contributed by atoms with E-state index in [0.717, 1.165) is 16.4 Å². The third-order valence-electron chi connectivity index (χ3n) is 4.64. The van der Waals surface area contributed by atoms with Crippen LogP contribution in [-0.2, 0) is 11.0 Å². The molecule has 0 unspecified atom stereocenters. The molecule has 8 heteroatoms. The summed E-state index contributed by atoms with van der Waals surface area (Å²) in [6, 6.07) is 23.2. The van der Waals surface area contributed by atoms with E-state index >= 15 is 0 Å². The van der Waals surface area contributed by atoms with Gasteiger partial charge in [-0.3, -0.25) is 20.2 Å². The molecule has 0 N–H and O–H groups in total. The van der Waals surface area contributed by atoms with Gasteiger partial charge in [-0.15, -0.1) is 0 Å². The van der Waals surface area contributed by atoms with Crippen molar-refractivity contribution in [1.29, 1.82) is 0 Å². The van der Waals surface area contributed by atoms with Crippen LogP contribution < -0.4 is 10.4 Å². The maximum Gasteiger partial charge on any atom is 0.281 e. The minimum atomic E-state index is -2.63. The van der Waals surface area contributed by atoms with Gasteiger partial charge < -0.3 is 4.43 Å². The number of nitro benzene ring substituents is 2. The van der Waals surface area contributed by atoms with E-state index in [0.29, 0.717) is 5.56 Å². The number of rotatable bonds is 7. The van der Waals surface area contributed by atoms with Crippen molar-refractivity contribution in [2.45, 2.75) is 13.2 Å². The zero-order chi connectivity index (χ0) is 20.1. The maximum absolute atomic E-state index is 11.4. The van der Waals surface area contributed by atoms with Gasteiger partial charge in [0.15, 0.2) is 0 Å². The Morgan fingerprint density at radius 2 is 1.36 bits per heavy atom. The molecule has 0 saturated carbocycles. The van der Waals surface area contributed by atoms with Crippen molar-refractivity contribution in [3.8, 4) is 0 Å². The van der Waals surface area contributed by atoms with Gasteiger partial charge >= 0.3 is 0 Å². The lowest BCUT2D eigenvalue weighted by Gasteiger charge is -2.28. The number of benzene rings is 3. The molecular formula is C20H18N2O5Si. The summed E-state index contributed by atoms with van der Waals surface area (Å²) in [5.41, 5.74) is -0.325. The van der Waals surface area contributed by atoms with Gasteiger partial charge in [-0.1, -0.05) is 60.7 Å². The lowest BCUT2D eigenvalue weighted by molar-refractivity contribution is -0.394. The zero-order valence-electron chi connectivity index (χ0n) is 15.1. The van der Waals surface area contributed by atoms with E-state index in [2.05, 4.69) is 0 Å². The number of non-ortho nitro benzene ring substituents is 1. The summed E-state index contributed by atoms with van der Waals surface area (Å²) in [4.78, 5) is 21.1. The van der Waals surface area contributed by atoms with E-state index in [1.807, 2.05) is 67.2 Å². The van der Waals surface area contributed by atoms with Crippen LogP contribution in [0, 0.1) is 20.2 Å². The third-order valence-corrected chi connectivity index (χ3v) is 8.23. The Morgan fingerprint density at radius 3 is 1.82 bits per heavy atom. The molecular weight excluding hydrogens is 376 g/mol. The van der Waals surface area contributed by atoms with E-state index in [1.165, 1.54) is 12.1 Å². The Bertz CT molecular complexity index is 956. The Hall–Kier alpha value is -3.36. The Morgan fingerprint density at radius 1 is 0.821 bits per heavy atom. The number of hydrogen-bond donors (Lipinski definition) is 0. The normalized spacial score (nSPS) is 11.2. The van der Waals surface area contributed by atoms with Crippen molar-refractivity contribution in [2.24, 2.45) is 0 Å². The molecule has 0 heterocycles. The fourth-order valence-electron chi connectivity index (χ4n) is 3.03. The lowest BCUT2D eigenvalue weighted by atomic mass is 10.2. The van der Waals surface area contributed by atoms with Gasteiger partial charge in [0.25, 0.3) is 19.7 Å². The first-order chi connectivity index (χ1) is 13.4. The van der Waals surface area contributed by atoms with Crippen molar-refractivity contribution in [3.63, 3.8) is 0 Å². The monoisotopic (exact) mass is 394 g/mol. The fraction of sp³-hybridized carbons (Fsp3) is 0.100. The predicted molar refractivity (Wildman–Crippen MR) is 108 cm³/mol. The van der Waals surface area contributed by atoms with E-state index in [9.17, 15) is 20.2 Å². The highest BCUT2D eigenvalue weighted by Crippen LogP contribution is 2.26. The number of hydrogen-bond acceptors (Lipinski definition) is 5. The first-order valence-electron chi connectivity index (χ1n) is 8.58. The summed E-state index contributed by atoms with van der Waals surface area (Å²) < 4.78 is 6.34. The summed E-state index contributed by atoms with van der Waals surface area (Å²) >= 11 is 0. The molecule has 0 spiro atoms. The predicted octanol–water partition coefficient (Wildman–Crippen LogP) is 3.41. The smallest absolute Gasteiger partial charge is 0.281 e. The highest BCUT2D eigenvalue weighted by Gasteiger charge is 2.34. The summed E-state index contributed by atoms with van der Waals surface area (Å²) in [6.07, 6.45) is 0. The molecule has 0 aliphatic heterocycles. The standard InChI is InChI=1S/C20H18N2O5Si/c1-28(18-8-4-2-5-9-18,19-10-6-3-7-11-19)27-15-16-12-13-17(21(23)24)14-20(16)22(25)26/h2-14H,15H2,1H3. The topological polar surface area (TPSA) is 95.5 Å². The van der Waals surface area contributed by atoms with Gasteiger partial charge in [0.2, 0.25) is 0 Å². The van der Waals surface area contributed by atoms with Crippen LogP contribution in [0.15, 0.2) is 78.9 Å². The number of nitro groups is 2. The van der Waals surface area contributed by atoms with Crippen LogP contribution in [0.25, 0.3) is 0 Å². The summed E-state index contributed by atoms with van der Waals surface area (Å²) in [5.74, 6) is 0. The zero-order valence-corrected chi connectivity index (χ0v) is 16.1. The molecule has 0 fully saturated rings. The number of nitrogens with zero attached hydrogens (tertiary/aromatic N) is 2. The van der Waals surface area contributed by atoms with Crippen LogP contribution >= 0.6 is 0 Å². The molecule has 0 aliphatic carbocycles. The van der Waals surface area contributed by atoms with Gasteiger partial charge in [-0.25, -0.2) is 0 Å². The highest BCUT2D eigenvalue weighted by molar-refractivity contribution is 6.96. The second-order valence-corrected chi connectivity index (χ2v) is 9.89. The van der Waals surface area contributed by atoms with Crippen molar-refractivity contribution in [2.75, 3.05) is 0 Å². The van der Waals surface area contributed by atoms with E-state index in [4.69, 9.17) is 4.43 Å². The van der Waals surface area contributed by atoms with Crippen molar-refractivity contribution in [1.82, 2.24) is 0 Å². The SMILES string of the molecule is C[Si](OCc1ccc([N+](=O)[O-])cc1[N+](=O)[O-])(c1ccccc1)c1ccccc1. The minimum Gasteiger partial charge on any atom is -0.404 e. The molecule has 0 saturated heterocycles. The molecule has 3 aromatic rings.